The molecule has 24 heavy (non-hydrogen) atoms. The third-order valence-electron chi connectivity index (χ3n) is 4.02. The van der Waals surface area contributed by atoms with Gasteiger partial charge in [0, 0.05) is 18.7 Å². The minimum atomic E-state index is -3.28. The van der Waals surface area contributed by atoms with Crippen molar-refractivity contribution >= 4 is 11.7 Å². The standard InChI is InChI=1S/C15H16F4N2O3/c16-8-6-12(24-14(18)19)9(17)5-11(8)21-15(22)20-10-3-4-23-13(10)7-1-2-7/h5-7,10,13-14H,1-4H2,(H2,20,21,22). The van der Waals surface area contributed by atoms with Crippen LogP contribution in [-0.4, -0.2) is 31.4 Å². The number of benzene rings is 1. The zero-order chi connectivity index (χ0) is 17.3. The summed E-state index contributed by atoms with van der Waals surface area (Å²) in [5.41, 5.74) is -0.464. The van der Waals surface area contributed by atoms with E-state index in [9.17, 15) is 22.4 Å². The molecule has 0 spiro atoms. The Morgan fingerprint density at radius 2 is 1.96 bits per heavy atom. The minimum Gasteiger partial charge on any atom is -0.432 e. The zero-order valence-electron chi connectivity index (χ0n) is 12.5. The Balaban J connectivity index is 1.62. The van der Waals surface area contributed by atoms with E-state index in [4.69, 9.17) is 4.74 Å². The summed E-state index contributed by atoms with van der Waals surface area (Å²) in [4.78, 5) is 12.0. The Hall–Kier alpha value is -2.03. The Labute approximate surface area is 135 Å². The van der Waals surface area contributed by atoms with Gasteiger partial charge in [0.05, 0.1) is 17.8 Å². The van der Waals surface area contributed by atoms with E-state index in [1.165, 1.54) is 0 Å². The van der Waals surface area contributed by atoms with Crippen LogP contribution in [0.4, 0.5) is 28.0 Å². The Bertz CT molecular complexity index is 625. The average molecular weight is 348 g/mol. The molecule has 2 unspecified atom stereocenters. The molecule has 2 amide bonds. The van der Waals surface area contributed by atoms with Crippen molar-refractivity contribution in [3.05, 3.63) is 23.8 Å². The SMILES string of the molecule is O=C(Nc1cc(F)c(OC(F)F)cc1F)NC1CCOC1C1CC1. The number of hydrogen-bond donors (Lipinski definition) is 2. The van der Waals surface area contributed by atoms with E-state index in [1.807, 2.05) is 0 Å². The molecule has 0 bridgehead atoms. The lowest BCUT2D eigenvalue weighted by molar-refractivity contribution is -0.0523. The average Bonchev–Trinajstić information content (AvgIpc) is 3.24. The molecule has 1 saturated carbocycles. The van der Waals surface area contributed by atoms with E-state index in [2.05, 4.69) is 15.4 Å². The van der Waals surface area contributed by atoms with Gasteiger partial charge in [-0.05, 0) is 25.2 Å². The smallest absolute Gasteiger partial charge is 0.387 e. The third-order valence-corrected chi connectivity index (χ3v) is 4.02. The molecule has 1 aromatic rings. The monoisotopic (exact) mass is 348 g/mol. The van der Waals surface area contributed by atoms with Crippen molar-refractivity contribution in [3.8, 4) is 5.75 Å². The molecule has 1 saturated heterocycles. The van der Waals surface area contributed by atoms with Crippen LogP contribution in [0.5, 0.6) is 5.75 Å². The van der Waals surface area contributed by atoms with Gasteiger partial charge in [0.1, 0.15) is 0 Å². The molecule has 0 radical (unpaired) electrons. The molecular weight excluding hydrogens is 332 g/mol. The van der Waals surface area contributed by atoms with E-state index >= 15 is 0 Å². The molecule has 2 fully saturated rings. The number of alkyl halides is 2. The molecule has 2 N–H and O–H groups in total. The van der Waals surface area contributed by atoms with E-state index in [0.717, 1.165) is 12.8 Å². The number of urea groups is 1. The van der Waals surface area contributed by atoms with Gasteiger partial charge in [-0.3, -0.25) is 0 Å². The Kier molecular flexibility index (Phi) is 4.79. The second kappa shape index (κ2) is 6.84. The molecule has 1 aliphatic heterocycles. The predicted molar refractivity (Wildman–Crippen MR) is 76.0 cm³/mol. The lowest BCUT2D eigenvalue weighted by Gasteiger charge is -2.20. The quantitative estimate of drug-likeness (QED) is 0.803. The van der Waals surface area contributed by atoms with Crippen molar-refractivity contribution in [3.63, 3.8) is 0 Å². The number of halogens is 4. The number of rotatable bonds is 5. The molecule has 9 heteroatoms. The Morgan fingerprint density at radius 3 is 2.62 bits per heavy atom. The van der Waals surface area contributed by atoms with Crippen LogP contribution in [0.15, 0.2) is 12.1 Å². The summed E-state index contributed by atoms with van der Waals surface area (Å²) in [7, 11) is 0. The first kappa shape index (κ1) is 16.8. The van der Waals surface area contributed by atoms with Crippen molar-refractivity contribution in [2.75, 3.05) is 11.9 Å². The van der Waals surface area contributed by atoms with Crippen molar-refractivity contribution in [2.24, 2.45) is 5.92 Å². The molecule has 1 heterocycles. The van der Waals surface area contributed by atoms with Gasteiger partial charge < -0.3 is 20.1 Å². The fraction of sp³-hybridized carbons (Fsp3) is 0.533. The lowest BCUT2D eigenvalue weighted by atomic mass is 10.1. The van der Waals surface area contributed by atoms with Gasteiger partial charge in [-0.15, -0.1) is 0 Å². The molecule has 132 valence electrons. The molecule has 3 rings (SSSR count). The highest BCUT2D eigenvalue weighted by Crippen LogP contribution is 2.38. The lowest BCUT2D eigenvalue weighted by Crippen LogP contribution is -2.43. The first-order valence-electron chi connectivity index (χ1n) is 7.57. The van der Waals surface area contributed by atoms with Gasteiger partial charge in [0.15, 0.2) is 17.4 Å². The van der Waals surface area contributed by atoms with E-state index < -0.39 is 35.7 Å². The van der Waals surface area contributed by atoms with Crippen molar-refractivity contribution in [2.45, 2.75) is 38.0 Å². The number of carbonyl (C=O) groups excluding carboxylic acids is 1. The van der Waals surface area contributed by atoms with E-state index in [0.29, 0.717) is 31.1 Å². The summed E-state index contributed by atoms with van der Waals surface area (Å²) < 4.78 is 61.0. The number of nitrogens with one attached hydrogen (secondary N) is 2. The number of carbonyl (C=O) groups is 1. The highest BCUT2D eigenvalue weighted by atomic mass is 19.3. The van der Waals surface area contributed by atoms with Crippen LogP contribution in [0.1, 0.15) is 19.3 Å². The third kappa shape index (κ3) is 3.89. The van der Waals surface area contributed by atoms with Crippen LogP contribution in [0.3, 0.4) is 0 Å². The van der Waals surface area contributed by atoms with E-state index in [1.54, 1.807) is 0 Å². The minimum absolute atomic E-state index is 0.0563. The van der Waals surface area contributed by atoms with E-state index in [-0.39, 0.29) is 12.1 Å². The summed E-state index contributed by atoms with van der Waals surface area (Å²) in [6, 6.07) is 0.155. The summed E-state index contributed by atoms with van der Waals surface area (Å²) >= 11 is 0. The molecule has 2 aliphatic rings. The van der Waals surface area contributed by atoms with Gasteiger partial charge in [-0.25, -0.2) is 13.6 Å². The number of ether oxygens (including phenoxy) is 2. The van der Waals surface area contributed by atoms with Crippen LogP contribution in [0.2, 0.25) is 0 Å². The molecule has 1 aliphatic carbocycles. The zero-order valence-corrected chi connectivity index (χ0v) is 12.5. The predicted octanol–water partition coefficient (Wildman–Crippen LogP) is 3.26. The molecule has 0 aromatic heterocycles. The maximum Gasteiger partial charge on any atom is 0.387 e. The van der Waals surface area contributed by atoms with Gasteiger partial charge >= 0.3 is 12.6 Å². The highest BCUT2D eigenvalue weighted by molar-refractivity contribution is 5.89. The van der Waals surface area contributed by atoms with Crippen molar-refractivity contribution < 1.29 is 31.8 Å². The second-order valence-electron chi connectivity index (χ2n) is 5.81. The second-order valence-corrected chi connectivity index (χ2v) is 5.81. The van der Waals surface area contributed by atoms with Crippen LogP contribution in [0, 0.1) is 17.6 Å². The van der Waals surface area contributed by atoms with Crippen molar-refractivity contribution in [1.82, 2.24) is 5.32 Å². The molecule has 1 aromatic carbocycles. The highest BCUT2D eigenvalue weighted by Gasteiger charge is 2.41. The van der Waals surface area contributed by atoms with Gasteiger partial charge in [0.25, 0.3) is 0 Å². The molecule has 2 atom stereocenters. The fourth-order valence-corrected chi connectivity index (χ4v) is 2.79. The fourth-order valence-electron chi connectivity index (χ4n) is 2.79. The Morgan fingerprint density at radius 1 is 1.21 bits per heavy atom. The van der Waals surface area contributed by atoms with Crippen LogP contribution in [-0.2, 0) is 4.74 Å². The maximum absolute atomic E-state index is 13.8. The number of anilines is 1. The van der Waals surface area contributed by atoms with Gasteiger partial charge in [0.2, 0.25) is 0 Å². The molecular formula is C15H16F4N2O3. The first-order chi connectivity index (χ1) is 11.4. The summed E-state index contributed by atoms with van der Waals surface area (Å²) in [5.74, 6) is -2.78. The normalized spacial score (nSPS) is 23.4. The van der Waals surface area contributed by atoms with Crippen LogP contribution >= 0.6 is 0 Å². The number of amides is 2. The van der Waals surface area contributed by atoms with Crippen molar-refractivity contribution in [1.29, 1.82) is 0 Å². The summed E-state index contributed by atoms with van der Waals surface area (Å²) in [5, 5.41) is 4.85. The largest absolute Gasteiger partial charge is 0.432 e. The maximum atomic E-state index is 13.8. The first-order valence-corrected chi connectivity index (χ1v) is 7.57. The van der Waals surface area contributed by atoms with Crippen LogP contribution < -0.4 is 15.4 Å². The molecule has 5 nitrogen and oxygen atoms in total. The number of hydrogen-bond acceptors (Lipinski definition) is 3. The summed E-state index contributed by atoms with van der Waals surface area (Å²) in [6.45, 7) is -2.74. The van der Waals surface area contributed by atoms with Gasteiger partial charge in [-0.2, -0.15) is 8.78 Å². The van der Waals surface area contributed by atoms with Gasteiger partial charge in [-0.1, -0.05) is 0 Å². The topological polar surface area (TPSA) is 59.6 Å². The summed E-state index contributed by atoms with van der Waals surface area (Å²) in [6.07, 6.45) is 2.69. The van der Waals surface area contributed by atoms with Crippen LogP contribution in [0.25, 0.3) is 0 Å².